The van der Waals surface area contributed by atoms with Crippen molar-refractivity contribution < 1.29 is 10.2 Å². The number of aromatic nitrogens is 2. The number of hydrogen-bond acceptors (Lipinski definition) is 5. The fourth-order valence-electron chi connectivity index (χ4n) is 3.12. The molecule has 3 N–H and O–H groups in total. The summed E-state index contributed by atoms with van der Waals surface area (Å²) in [6.45, 7) is 1.93. The van der Waals surface area contributed by atoms with Crippen molar-refractivity contribution in [1.82, 2.24) is 14.9 Å². The first-order chi connectivity index (χ1) is 11.1. The molecule has 0 amide bonds. The molecule has 0 bridgehead atoms. The topological polar surface area (TPSA) is 89.5 Å². The molecule has 0 atom stereocenters. The van der Waals surface area contributed by atoms with E-state index < -0.39 is 0 Å². The maximum Gasteiger partial charge on any atom is 0.254 e. The van der Waals surface area contributed by atoms with E-state index in [2.05, 4.69) is 14.9 Å². The fraction of sp³-hybridized carbons (Fsp3) is 0.412. The maximum absolute atomic E-state index is 12.2. The Morgan fingerprint density at radius 3 is 2.87 bits per heavy atom. The highest BCUT2D eigenvalue weighted by Crippen LogP contribution is 2.38. The highest BCUT2D eigenvalue weighted by Gasteiger charge is 2.29. The van der Waals surface area contributed by atoms with Crippen LogP contribution in [-0.4, -0.2) is 31.6 Å². The Balaban J connectivity index is 1.57. The van der Waals surface area contributed by atoms with Gasteiger partial charge in [-0.05, 0) is 25.3 Å². The molecule has 23 heavy (non-hydrogen) atoms. The lowest BCUT2D eigenvalue weighted by Gasteiger charge is -2.28. The minimum Gasteiger partial charge on any atom is -0.508 e. The Labute approximate surface area is 133 Å². The summed E-state index contributed by atoms with van der Waals surface area (Å²) in [5.41, 5.74) is 2.42. The third kappa shape index (κ3) is 2.82. The van der Waals surface area contributed by atoms with Crippen molar-refractivity contribution in [3.8, 4) is 11.5 Å². The van der Waals surface area contributed by atoms with E-state index in [-0.39, 0.29) is 17.1 Å². The zero-order valence-electron chi connectivity index (χ0n) is 12.7. The smallest absolute Gasteiger partial charge is 0.254 e. The van der Waals surface area contributed by atoms with Gasteiger partial charge in [0.1, 0.15) is 17.3 Å². The highest BCUT2D eigenvalue weighted by molar-refractivity contribution is 5.39. The maximum atomic E-state index is 12.2. The number of benzene rings is 1. The van der Waals surface area contributed by atoms with Gasteiger partial charge >= 0.3 is 0 Å². The lowest BCUT2D eigenvalue weighted by atomic mass is 10.0. The first kappa shape index (κ1) is 14.3. The molecule has 1 aromatic heterocycles. The van der Waals surface area contributed by atoms with Crippen LogP contribution in [0.4, 0.5) is 0 Å². The van der Waals surface area contributed by atoms with Crippen LogP contribution in [0, 0.1) is 0 Å². The predicted octanol–water partition coefficient (Wildman–Crippen LogP) is 1.62. The molecule has 1 aliphatic carbocycles. The third-order valence-corrected chi connectivity index (χ3v) is 4.60. The molecule has 0 spiro atoms. The second-order valence-electron chi connectivity index (χ2n) is 6.42. The van der Waals surface area contributed by atoms with Crippen LogP contribution in [0.25, 0.3) is 0 Å². The van der Waals surface area contributed by atoms with Gasteiger partial charge in [0.2, 0.25) is 0 Å². The number of nitrogens with zero attached hydrogens (tertiary/aromatic N) is 2. The van der Waals surface area contributed by atoms with Crippen LogP contribution in [0.2, 0.25) is 0 Å². The summed E-state index contributed by atoms with van der Waals surface area (Å²) in [5.74, 6) is 1.39. The van der Waals surface area contributed by atoms with E-state index in [1.807, 2.05) is 0 Å². The van der Waals surface area contributed by atoms with E-state index in [1.54, 1.807) is 12.1 Å². The summed E-state index contributed by atoms with van der Waals surface area (Å²) in [7, 11) is 0. The second-order valence-corrected chi connectivity index (χ2v) is 6.42. The summed E-state index contributed by atoms with van der Waals surface area (Å²) in [5, 5.41) is 19.3. The molecular weight excluding hydrogens is 294 g/mol. The summed E-state index contributed by atoms with van der Waals surface area (Å²) >= 11 is 0. The summed E-state index contributed by atoms with van der Waals surface area (Å²) in [4.78, 5) is 21.9. The number of rotatable bonds is 3. The molecular formula is C17H19N3O3. The quantitative estimate of drug-likeness (QED) is 0.801. The van der Waals surface area contributed by atoms with Gasteiger partial charge in [0.05, 0.1) is 5.69 Å². The van der Waals surface area contributed by atoms with Crippen LogP contribution >= 0.6 is 0 Å². The van der Waals surface area contributed by atoms with Crippen LogP contribution in [0.1, 0.15) is 41.4 Å². The predicted molar refractivity (Wildman–Crippen MR) is 84.4 cm³/mol. The van der Waals surface area contributed by atoms with Gasteiger partial charge < -0.3 is 15.2 Å². The number of phenolic OH excluding ortho intramolecular Hbond substituents is 2. The van der Waals surface area contributed by atoms with E-state index in [0.29, 0.717) is 25.4 Å². The van der Waals surface area contributed by atoms with E-state index in [4.69, 9.17) is 0 Å². The summed E-state index contributed by atoms with van der Waals surface area (Å²) in [6.07, 6.45) is 2.88. The van der Waals surface area contributed by atoms with Crippen molar-refractivity contribution in [3.63, 3.8) is 0 Å². The number of fused-ring (bicyclic) bond motifs is 1. The minimum absolute atomic E-state index is 0.00373. The molecule has 2 heterocycles. The van der Waals surface area contributed by atoms with Gasteiger partial charge in [-0.15, -0.1) is 0 Å². The van der Waals surface area contributed by atoms with Crippen molar-refractivity contribution in [3.05, 3.63) is 51.2 Å². The van der Waals surface area contributed by atoms with Crippen LogP contribution in [0.3, 0.4) is 0 Å². The average molecular weight is 313 g/mol. The Bertz CT molecular complexity index is 811. The molecule has 2 aromatic rings. The molecule has 1 saturated carbocycles. The summed E-state index contributed by atoms with van der Waals surface area (Å²) < 4.78 is 0. The average Bonchev–Trinajstić information content (AvgIpc) is 3.34. The van der Waals surface area contributed by atoms with E-state index >= 15 is 0 Å². The SMILES string of the molecule is O=c1[nH]c(C2CC2)nc2c1CCN(Cc1ccc(O)cc1O)C2. The summed E-state index contributed by atoms with van der Waals surface area (Å²) in [6, 6.07) is 4.64. The number of H-pyrrole nitrogens is 1. The van der Waals surface area contributed by atoms with Gasteiger partial charge in [-0.3, -0.25) is 9.69 Å². The van der Waals surface area contributed by atoms with Gasteiger partial charge in [0.15, 0.2) is 0 Å². The molecule has 1 aliphatic heterocycles. The van der Waals surface area contributed by atoms with Gasteiger partial charge in [-0.2, -0.15) is 0 Å². The number of aromatic hydroxyl groups is 2. The Hall–Kier alpha value is -2.34. The zero-order valence-corrected chi connectivity index (χ0v) is 12.7. The Morgan fingerprint density at radius 2 is 2.13 bits per heavy atom. The van der Waals surface area contributed by atoms with Gasteiger partial charge in [0.25, 0.3) is 5.56 Å². The molecule has 0 unspecified atom stereocenters. The molecule has 4 rings (SSSR count). The van der Waals surface area contributed by atoms with Gasteiger partial charge in [-0.25, -0.2) is 4.98 Å². The second kappa shape index (κ2) is 5.38. The number of aromatic amines is 1. The third-order valence-electron chi connectivity index (χ3n) is 4.60. The largest absolute Gasteiger partial charge is 0.508 e. The Morgan fingerprint density at radius 1 is 1.30 bits per heavy atom. The van der Waals surface area contributed by atoms with Crippen LogP contribution < -0.4 is 5.56 Å². The monoisotopic (exact) mass is 313 g/mol. The first-order valence-electron chi connectivity index (χ1n) is 7.95. The molecule has 2 aliphatic rings. The van der Waals surface area contributed by atoms with Gasteiger partial charge in [-0.1, -0.05) is 6.07 Å². The standard InChI is InChI=1S/C17H19N3O3/c21-12-4-3-11(15(22)7-12)8-20-6-5-13-14(9-20)18-16(10-1-2-10)19-17(13)23/h3-4,7,10,21-22H,1-2,5-6,8-9H2,(H,18,19,23). The van der Waals surface area contributed by atoms with Crippen molar-refractivity contribution >= 4 is 0 Å². The molecule has 1 aromatic carbocycles. The molecule has 0 radical (unpaired) electrons. The molecule has 120 valence electrons. The van der Waals surface area contributed by atoms with Crippen molar-refractivity contribution in [2.75, 3.05) is 6.54 Å². The van der Waals surface area contributed by atoms with Gasteiger partial charge in [0, 0.05) is 42.7 Å². The normalized spacial score (nSPS) is 17.9. The van der Waals surface area contributed by atoms with Crippen molar-refractivity contribution in [2.24, 2.45) is 0 Å². The lowest BCUT2D eigenvalue weighted by Crippen LogP contribution is -2.35. The van der Waals surface area contributed by atoms with Crippen molar-refractivity contribution in [1.29, 1.82) is 0 Å². The van der Waals surface area contributed by atoms with Crippen LogP contribution in [0.15, 0.2) is 23.0 Å². The number of hydrogen-bond donors (Lipinski definition) is 3. The molecule has 6 nitrogen and oxygen atoms in total. The molecule has 1 fully saturated rings. The molecule has 6 heteroatoms. The lowest BCUT2D eigenvalue weighted by molar-refractivity contribution is 0.237. The Kier molecular flexibility index (Phi) is 3.34. The van der Waals surface area contributed by atoms with Crippen LogP contribution in [0.5, 0.6) is 11.5 Å². The van der Waals surface area contributed by atoms with E-state index in [9.17, 15) is 15.0 Å². The minimum atomic E-state index is 0.00373. The van der Waals surface area contributed by atoms with E-state index in [0.717, 1.165) is 42.0 Å². The number of phenols is 2. The fourth-order valence-corrected chi connectivity index (χ4v) is 3.12. The highest BCUT2D eigenvalue weighted by atomic mass is 16.3. The number of nitrogens with one attached hydrogen (secondary N) is 1. The van der Waals surface area contributed by atoms with E-state index in [1.165, 1.54) is 6.07 Å². The van der Waals surface area contributed by atoms with Crippen molar-refractivity contribution in [2.45, 2.75) is 38.3 Å². The zero-order chi connectivity index (χ0) is 16.0. The molecule has 0 saturated heterocycles. The first-order valence-corrected chi connectivity index (χ1v) is 7.95. The van der Waals surface area contributed by atoms with Crippen LogP contribution in [-0.2, 0) is 19.5 Å².